The number of hydrogen-bond acceptors (Lipinski definition) is 5. The van der Waals surface area contributed by atoms with Crippen LogP contribution in [0.15, 0.2) is 48.9 Å². The second-order valence-corrected chi connectivity index (χ2v) is 4.77. The van der Waals surface area contributed by atoms with Gasteiger partial charge in [-0.05, 0) is 29.8 Å². The average Bonchev–Trinajstić information content (AvgIpc) is 2.60. The Bertz CT molecular complexity index is 715. The van der Waals surface area contributed by atoms with Gasteiger partial charge in [0.2, 0.25) is 5.88 Å². The molecule has 0 atom stereocenters. The lowest BCUT2D eigenvalue weighted by Gasteiger charge is -2.12. The summed E-state index contributed by atoms with van der Waals surface area (Å²) in [5.74, 6) is 0.681. The first-order valence-electron chi connectivity index (χ1n) is 6.79. The summed E-state index contributed by atoms with van der Waals surface area (Å²) < 4.78 is 15.5. The maximum absolute atomic E-state index is 11.9. The Hall–Kier alpha value is -2.53. The predicted molar refractivity (Wildman–Crippen MR) is 87.3 cm³/mol. The molecule has 0 fully saturated rings. The Morgan fingerprint density at radius 2 is 2.09 bits per heavy atom. The van der Waals surface area contributed by atoms with Crippen molar-refractivity contribution in [2.24, 2.45) is 0 Å². The highest BCUT2D eigenvalue weighted by molar-refractivity contribution is 6.17. The van der Waals surface area contributed by atoms with Gasteiger partial charge >= 0.3 is 5.97 Å². The van der Waals surface area contributed by atoms with Crippen LogP contribution in [0.3, 0.4) is 0 Å². The molecule has 23 heavy (non-hydrogen) atoms. The molecule has 0 aliphatic rings. The number of ether oxygens (including phenoxy) is 3. The largest absolute Gasteiger partial charge is 0.503 e. The zero-order valence-electron chi connectivity index (χ0n) is 12.8. The van der Waals surface area contributed by atoms with Crippen molar-refractivity contribution in [1.29, 1.82) is 0 Å². The number of aromatic nitrogens is 1. The molecule has 2 rings (SSSR count). The molecule has 0 amide bonds. The highest BCUT2D eigenvalue weighted by atomic mass is 35.5. The Morgan fingerprint density at radius 1 is 1.26 bits per heavy atom. The molecule has 0 aliphatic carbocycles. The lowest BCUT2D eigenvalue weighted by Crippen LogP contribution is -2.06. The van der Waals surface area contributed by atoms with Gasteiger partial charge in [0.15, 0.2) is 0 Å². The van der Waals surface area contributed by atoms with Crippen molar-refractivity contribution in [1.82, 2.24) is 4.98 Å². The molecule has 0 bridgehead atoms. The van der Waals surface area contributed by atoms with Gasteiger partial charge in [0.05, 0.1) is 26.0 Å². The summed E-state index contributed by atoms with van der Waals surface area (Å²) in [6.07, 6.45) is 2.87. The number of hydrogen-bond donors (Lipinski definition) is 0. The van der Waals surface area contributed by atoms with Crippen molar-refractivity contribution in [3.05, 3.63) is 60.0 Å². The molecule has 0 unspecified atom stereocenters. The van der Waals surface area contributed by atoms with Gasteiger partial charge in [-0.3, -0.25) is 0 Å². The standard InChI is InChI=1S/C17H16ClNO4/c1-21-11-15(17(20)22-2)14-7-4-8-19-16(14)23-13-6-3-5-12(9-13)10-18/h3-9,11H,10H2,1-2H3/b15-11+. The molecule has 1 aromatic heterocycles. The third-order valence-corrected chi connectivity index (χ3v) is 3.28. The van der Waals surface area contributed by atoms with Crippen molar-refractivity contribution in [2.45, 2.75) is 5.88 Å². The fourth-order valence-corrected chi connectivity index (χ4v) is 2.10. The summed E-state index contributed by atoms with van der Waals surface area (Å²) in [5, 5.41) is 0. The monoisotopic (exact) mass is 333 g/mol. The molecule has 120 valence electrons. The molecule has 0 spiro atoms. The van der Waals surface area contributed by atoms with E-state index in [1.165, 1.54) is 20.5 Å². The number of carbonyl (C=O) groups excluding carboxylic acids is 1. The number of nitrogens with zero attached hydrogens (tertiary/aromatic N) is 1. The van der Waals surface area contributed by atoms with Crippen molar-refractivity contribution >= 4 is 23.1 Å². The van der Waals surface area contributed by atoms with Gasteiger partial charge < -0.3 is 14.2 Å². The Kier molecular flexibility index (Phi) is 6.00. The fraction of sp³-hybridized carbons (Fsp3) is 0.176. The van der Waals surface area contributed by atoms with Crippen LogP contribution in [0, 0.1) is 0 Å². The number of carbonyl (C=O) groups is 1. The molecule has 6 heteroatoms. The number of benzene rings is 1. The van der Waals surface area contributed by atoms with E-state index in [0.29, 0.717) is 17.2 Å². The molecule has 0 aliphatic heterocycles. The van der Waals surface area contributed by atoms with Crippen LogP contribution in [-0.4, -0.2) is 25.2 Å². The van der Waals surface area contributed by atoms with Crippen LogP contribution < -0.4 is 4.74 Å². The van der Waals surface area contributed by atoms with Crippen LogP contribution in [0.5, 0.6) is 11.6 Å². The number of esters is 1. The summed E-state index contributed by atoms with van der Waals surface area (Å²) in [4.78, 5) is 16.1. The van der Waals surface area contributed by atoms with Crippen LogP contribution in [-0.2, 0) is 20.1 Å². The Balaban J connectivity index is 2.40. The SMILES string of the molecule is CO/C=C(/C(=O)OC)c1cccnc1Oc1cccc(CCl)c1. The van der Waals surface area contributed by atoms with Crippen LogP contribution in [0.4, 0.5) is 0 Å². The van der Waals surface area contributed by atoms with Crippen LogP contribution in [0.1, 0.15) is 11.1 Å². The van der Waals surface area contributed by atoms with Gasteiger partial charge in [-0.15, -0.1) is 11.6 Å². The van der Waals surface area contributed by atoms with Crippen LogP contribution >= 0.6 is 11.6 Å². The Labute approximate surface area is 139 Å². The number of pyridine rings is 1. The number of methoxy groups -OCH3 is 2. The smallest absolute Gasteiger partial charge is 0.341 e. The minimum atomic E-state index is -0.542. The summed E-state index contributed by atoms with van der Waals surface area (Å²) in [6, 6.07) is 10.7. The highest BCUT2D eigenvalue weighted by Gasteiger charge is 2.19. The summed E-state index contributed by atoms with van der Waals surface area (Å²) in [7, 11) is 2.75. The lowest BCUT2D eigenvalue weighted by atomic mass is 10.1. The number of rotatable bonds is 6. The maximum atomic E-state index is 11.9. The van der Waals surface area contributed by atoms with Gasteiger partial charge in [-0.25, -0.2) is 9.78 Å². The zero-order chi connectivity index (χ0) is 16.7. The van der Waals surface area contributed by atoms with E-state index in [1.54, 1.807) is 24.4 Å². The predicted octanol–water partition coefficient (Wildman–Crippen LogP) is 3.77. The second kappa shape index (κ2) is 8.19. The van der Waals surface area contributed by atoms with Crippen LogP contribution in [0.25, 0.3) is 5.57 Å². The normalized spacial score (nSPS) is 11.0. The number of alkyl halides is 1. The van der Waals surface area contributed by atoms with Crippen molar-refractivity contribution in [2.75, 3.05) is 14.2 Å². The van der Waals surface area contributed by atoms with E-state index in [9.17, 15) is 4.79 Å². The van der Waals surface area contributed by atoms with E-state index in [4.69, 9.17) is 25.8 Å². The summed E-state index contributed by atoms with van der Waals surface area (Å²) in [5.41, 5.74) is 1.60. The van der Waals surface area contributed by atoms with E-state index >= 15 is 0 Å². The van der Waals surface area contributed by atoms with Gasteiger partial charge in [-0.1, -0.05) is 12.1 Å². The fourth-order valence-electron chi connectivity index (χ4n) is 1.93. The molecule has 0 N–H and O–H groups in total. The van der Waals surface area contributed by atoms with Gasteiger partial charge in [0, 0.05) is 12.1 Å². The minimum absolute atomic E-state index is 0.214. The first-order chi connectivity index (χ1) is 11.2. The van der Waals surface area contributed by atoms with E-state index in [0.717, 1.165) is 5.56 Å². The van der Waals surface area contributed by atoms with E-state index in [2.05, 4.69) is 4.98 Å². The molecule has 0 saturated carbocycles. The molecule has 2 aromatic rings. The van der Waals surface area contributed by atoms with Crippen molar-refractivity contribution < 1.29 is 19.0 Å². The first kappa shape index (κ1) is 16.8. The molecule has 1 heterocycles. The Morgan fingerprint density at radius 3 is 2.78 bits per heavy atom. The summed E-state index contributed by atoms with van der Waals surface area (Å²) in [6.45, 7) is 0. The zero-order valence-corrected chi connectivity index (χ0v) is 13.5. The summed E-state index contributed by atoms with van der Waals surface area (Å²) >= 11 is 5.83. The molecular weight excluding hydrogens is 318 g/mol. The molecular formula is C17H16ClNO4. The van der Waals surface area contributed by atoms with E-state index < -0.39 is 5.97 Å². The van der Waals surface area contributed by atoms with E-state index in [-0.39, 0.29) is 11.5 Å². The van der Waals surface area contributed by atoms with Gasteiger partial charge in [-0.2, -0.15) is 0 Å². The third kappa shape index (κ3) is 4.23. The van der Waals surface area contributed by atoms with Gasteiger partial charge in [0.25, 0.3) is 0 Å². The third-order valence-electron chi connectivity index (χ3n) is 2.97. The number of halogens is 1. The first-order valence-corrected chi connectivity index (χ1v) is 7.32. The molecule has 0 radical (unpaired) electrons. The molecule has 5 nitrogen and oxygen atoms in total. The quantitative estimate of drug-likeness (QED) is 0.348. The molecule has 1 aromatic carbocycles. The van der Waals surface area contributed by atoms with Gasteiger partial charge in [0.1, 0.15) is 11.3 Å². The maximum Gasteiger partial charge on any atom is 0.341 e. The minimum Gasteiger partial charge on any atom is -0.503 e. The van der Waals surface area contributed by atoms with E-state index in [1.807, 2.05) is 18.2 Å². The lowest BCUT2D eigenvalue weighted by molar-refractivity contribution is -0.133. The topological polar surface area (TPSA) is 57.7 Å². The van der Waals surface area contributed by atoms with Crippen molar-refractivity contribution in [3.63, 3.8) is 0 Å². The second-order valence-electron chi connectivity index (χ2n) is 4.50. The average molecular weight is 334 g/mol. The van der Waals surface area contributed by atoms with Crippen molar-refractivity contribution in [3.8, 4) is 11.6 Å². The highest BCUT2D eigenvalue weighted by Crippen LogP contribution is 2.29. The molecule has 0 saturated heterocycles. The van der Waals surface area contributed by atoms with Crippen LogP contribution in [0.2, 0.25) is 0 Å².